The molecule has 0 radical (unpaired) electrons. The van der Waals surface area contributed by atoms with Crippen molar-refractivity contribution in [3.8, 4) is 0 Å². The summed E-state index contributed by atoms with van der Waals surface area (Å²) < 4.78 is 0. The fraction of sp³-hybridized carbons (Fsp3) is 0.385. The molecule has 0 saturated heterocycles. The zero-order chi connectivity index (χ0) is 12.8. The summed E-state index contributed by atoms with van der Waals surface area (Å²) >= 11 is 0. The lowest BCUT2D eigenvalue weighted by Crippen LogP contribution is -1.95. The summed E-state index contributed by atoms with van der Waals surface area (Å²) in [5, 5.41) is 14.3. The molecule has 1 aliphatic rings. The Bertz CT molecular complexity index is 444. The van der Waals surface area contributed by atoms with Gasteiger partial charge in [-0.25, -0.2) is 4.79 Å². The van der Waals surface area contributed by atoms with Crippen molar-refractivity contribution in [1.29, 1.82) is 0 Å². The van der Waals surface area contributed by atoms with Gasteiger partial charge in [0.05, 0.1) is 0 Å². The molecule has 4 heteroatoms. The summed E-state index contributed by atoms with van der Waals surface area (Å²) in [6, 6.07) is 1.47. The van der Waals surface area contributed by atoms with Crippen LogP contribution in [0.1, 0.15) is 36.5 Å². The number of carboxylic acid groups (broad SMARTS) is 1. The highest BCUT2D eigenvalue weighted by Gasteiger charge is 2.04. The summed E-state index contributed by atoms with van der Waals surface area (Å²) in [6.07, 6.45) is 7.95. The highest BCUT2D eigenvalue weighted by molar-refractivity contribution is 5.85. The zero-order valence-electron chi connectivity index (χ0n) is 10.4. The molecular weight excluding hydrogens is 216 g/mol. The van der Waals surface area contributed by atoms with Gasteiger partial charge in [0.2, 0.25) is 0 Å². The van der Waals surface area contributed by atoms with E-state index < -0.39 is 5.97 Å². The smallest absolute Gasteiger partial charge is 0.356 e. The van der Waals surface area contributed by atoms with E-state index in [9.17, 15) is 4.79 Å². The maximum absolute atomic E-state index is 10.1. The molecule has 92 valence electrons. The summed E-state index contributed by atoms with van der Waals surface area (Å²) in [5.41, 5.74) is 2.23. The molecule has 0 aromatic carbocycles. The number of carbonyl (C=O) groups is 1. The summed E-state index contributed by atoms with van der Waals surface area (Å²) in [5.74, 6) is -0.238. The third kappa shape index (κ3) is 4.68. The van der Waals surface area contributed by atoms with E-state index >= 15 is 0 Å². The highest BCUT2D eigenvalue weighted by atomic mass is 16.4. The normalized spacial score (nSPS) is 18.1. The molecule has 2 N–H and O–H groups in total. The van der Waals surface area contributed by atoms with Gasteiger partial charge in [0.1, 0.15) is 0 Å². The van der Waals surface area contributed by atoms with Crippen molar-refractivity contribution in [2.75, 3.05) is 0 Å². The van der Waals surface area contributed by atoms with E-state index in [0.717, 1.165) is 11.6 Å². The van der Waals surface area contributed by atoms with Crippen LogP contribution in [0.25, 0.3) is 0 Å². The van der Waals surface area contributed by atoms with Crippen LogP contribution in [0.15, 0.2) is 29.9 Å². The van der Waals surface area contributed by atoms with Gasteiger partial charge in [-0.1, -0.05) is 30.7 Å². The van der Waals surface area contributed by atoms with E-state index in [2.05, 4.69) is 42.3 Å². The second kappa shape index (κ2) is 6.03. The van der Waals surface area contributed by atoms with Crippen molar-refractivity contribution in [3.05, 3.63) is 41.3 Å². The van der Waals surface area contributed by atoms with Gasteiger partial charge in [0.15, 0.2) is 5.69 Å². The lowest BCUT2D eigenvalue weighted by molar-refractivity contribution is 0.0690. The average molecular weight is 234 g/mol. The minimum atomic E-state index is -1.00. The second-order valence-corrected chi connectivity index (χ2v) is 4.26. The molecule has 1 heterocycles. The number of carboxylic acids is 1. The molecular formula is C13H18N2O2. The molecule has 4 nitrogen and oxygen atoms in total. The Morgan fingerprint density at radius 3 is 2.53 bits per heavy atom. The number of hydrogen-bond acceptors (Lipinski definition) is 2. The van der Waals surface area contributed by atoms with E-state index in [-0.39, 0.29) is 5.69 Å². The molecule has 1 unspecified atom stereocenters. The topological polar surface area (TPSA) is 66.0 Å². The Kier molecular flexibility index (Phi) is 4.69. The minimum Gasteiger partial charge on any atom is -0.476 e. The maximum Gasteiger partial charge on any atom is 0.356 e. The number of nitrogens with zero attached hydrogens (tertiary/aromatic N) is 1. The summed E-state index contributed by atoms with van der Waals surface area (Å²) in [6.45, 7) is 6.13. The van der Waals surface area contributed by atoms with Gasteiger partial charge in [-0.15, -0.1) is 0 Å². The Labute approximate surface area is 101 Å². The number of hydrogen-bond donors (Lipinski definition) is 2. The first-order chi connectivity index (χ1) is 7.99. The second-order valence-electron chi connectivity index (χ2n) is 4.26. The first-order valence-electron chi connectivity index (χ1n) is 5.59. The van der Waals surface area contributed by atoms with Crippen LogP contribution < -0.4 is 0 Å². The number of aromatic nitrogens is 2. The zero-order valence-corrected chi connectivity index (χ0v) is 10.4. The molecule has 1 aromatic rings. The largest absolute Gasteiger partial charge is 0.476 e. The Hall–Kier alpha value is -1.84. The molecule has 0 aliphatic heterocycles. The first-order valence-corrected chi connectivity index (χ1v) is 5.59. The molecule has 0 amide bonds. The minimum absolute atomic E-state index is 0.0625. The van der Waals surface area contributed by atoms with Crippen LogP contribution in [0.2, 0.25) is 0 Å². The van der Waals surface area contributed by atoms with Crippen LogP contribution in [0, 0.1) is 12.8 Å². The Morgan fingerprint density at radius 1 is 1.53 bits per heavy atom. The van der Waals surface area contributed by atoms with Gasteiger partial charge in [-0.2, -0.15) is 5.10 Å². The lowest BCUT2D eigenvalue weighted by Gasteiger charge is -2.06. The highest BCUT2D eigenvalue weighted by Crippen LogP contribution is 2.13. The molecule has 1 atom stereocenters. The number of aromatic amines is 1. The molecule has 1 aromatic heterocycles. The van der Waals surface area contributed by atoms with Crippen molar-refractivity contribution in [2.45, 2.75) is 27.2 Å². The van der Waals surface area contributed by atoms with Gasteiger partial charge in [0.25, 0.3) is 0 Å². The molecule has 2 rings (SSSR count). The number of rotatable bonds is 1. The van der Waals surface area contributed by atoms with Crippen LogP contribution in [0.5, 0.6) is 0 Å². The fourth-order valence-electron chi connectivity index (χ4n) is 1.36. The van der Waals surface area contributed by atoms with E-state index in [4.69, 9.17) is 5.11 Å². The van der Waals surface area contributed by atoms with Gasteiger partial charge < -0.3 is 5.11 Å². The maximum atomic E-state index is 10.1. The molecule has 1 aliphatic carbocycles. The van der Waals surface area contributed by atoms with Gasteiger partial charge in [0, 0.05) is 5.69 Å². The quantitative estimate of drug-likeness (QED) is 0.785. The molecule has 0 bridgehead atoms. The predicted octanol–water partition coefficient (Wildman–Crippen LogP) is 2.95. The van der Waals surface area contributed by atoms with Crippen LogP contribution in [0.3, 0.4) is 0 Å². The van der Waals surface area contributed by atoms with Crippen LogP contribution in [0.4, 0.5) is 0 Å². The molecule has 17 heavy (non-hydrogen) atoms. The predicted molar refractivity (Wildman–Crippen MR) is 67.0 cm³/mol. The van der Waals surface area contributed by atoms with Crippen molar-refractivity contribution in [2.24, 2.45) is 5.92 Å². The van der Waals surface area contributed by atoms with Crippen molar-refractivity contribution < 1.29 is 9.90 Å². The van der Waals surface area contributed by atoms with Gasteiger partial charge >= 0.3 is 5.97 Å². The van der Waals surface area contributed by atoms with E-state index in [0.29, 0.717) is 0 Å². The summed E-state index contributed by atoms with van der Waals surface area (Å²) in [4.78, 5) is 10.1. The first kappa shape index (κ1) is 13.2. The van der Waals surface area contributed by atoms with Crippen molar-refractivity contribution >= 4 is 5.97 Å². The van der Waals surface area contributed by atoms with Crippen molar-refractivity contribution in [1.82, 2.24) is 10.2 Å². The number of H-pyrrole nitrogens is 1. The van der Waals surface area contributed by atoms with Crippen molar-refractivity contribution in [3.63, 3.8) is 0 Å². The number of aryl methyl sites for hydroxylation is 1. The van der Waals surface area contributed by atoms with Gasteiger partial charge in [-0.3, -0.25) is 5.10 Å². The third-order valence-electron chi connectivity index (χ3n) is 2.42. The number of nitrogens with one attached hydrogen (secondary N) is 1. The number of allylic oxidation sites excluding steroid dienone is 4. The van der Waals surface area contributed by atoms with E-state index in [1.54, 1.807) is 6.92 Å². The van der Waals surface area contributed by atoms with Crippen LogP contribution >= 0.6 is 0 Å². The standard InChI is InChI=1S/C8H12.C5H6N2O2/c1-7-3-5-8(2)6-4-7;1-3-2-4(5(8)9)7-6-3/h3-5,8H,6H2,1-2H3;2H,1H3,(H,6,7)(H,8,9). The lowest BCUT2D eigenvalue weighted by atomic mass is 10.00. The van der Waals surface area contributed by atoms with E-state index in [1.165, 1.54) is 18.1 Å². The Morgan fingerprint density at radius 2 is 2.24 bits per heavy atom. The van der Waals surface area contributed by atoms with E-state index in [1.807, 2.05) is 0 Å². The van der Waals surface area contributed by atoms with Gasteiger partial charge in [-0.05, 0) is 32.3 Å². The molecule has 0 fully saturated rings. The molecule has 0 spiro atoms. The Balaban J connectivity index is 0.000000171. The SMILES string of the molecule is CC1=CCC(C)C=C1.Cc1cc(C(=O)O)n[nH]1. The average Bonchev–Trinajstić information content (AvgIpc) is 2.70. The fourth-order valence-corrected chi connectivity index (χ4v) is 1.36. The molecule has 0 saturated carbocycles. The monoisotopic (exact) mass is 234 g/mol. The number of aromatic carboxylic acids is 1. The summed E-state index contributed by atoms with van der Waals surface area (Å²) in [7, 11) is 0. The van der Waals surface area contributed by atoms with Crippen LogP contribution in [-0.2, 0) is 0 Å². The third-order valence-corrected chi connectivity index (χ3v) is 2.42. The van der Waals surface area contributed by atoms with Crippen LogP contribution in [-0.4, -0.2) is 21.3 Å².